The Morgan fingerprint density at radius 3 is 2.46 bits per heavy atom. The van der Waals surface area contributed by atoms with E-state index in [0.29, 0.717) is 30.2 Å². The predicted molar refractivity (Wildman–Crippen MR) is 142 cm³/mol. The highest BCUT2D eigenvalue weighted by atomic mass is 32.2. The second kappa shape index (κ2) is 11.4. The first-order valence-electron chi connectivity index (χ1n) is 12.2. The number of nitrogens with zero attached hydrogens (tertiary/aromatic N) is 2. The fourth-order valence-corrected chi connectivity index (χ4v) is 5.23. The molecule has 1 N–H and O–H groups in total. The van der Waals surface area contributed by atoms with Crippen molar-refractivity contribution in [2.24, 2.45) is 0 Å². The maximum atomic E-state index is 13.8. The molecule has 9 nitrogen and oxygen atoms in total. The highest BCUT2D eigenvalue weighted by molar-refractivity contribution is 7.99. The zero-order valence-corrected chi connectivity index (χ0v) is 22.4. The van der Waals surface area contributed by atoms with Gasteiger partial charge in [-0.2, -0.15) is 0 Å². The van der Waals surface area contributed by atoms with E-state index < -0.39 is 23.7 Å². The summed E-state index contributed by atoms with van der Waals surface area (Å²) in [6.45, 7) is 8.66. The third-order valence-electron chi connectivity index (χ3n) is 5.98. The number of benzene rings is 2. The maximum Gasteiger partial charge on any atom is 0.408 e. The lowest BCUT2D eigenvalue weighted by Crippen LogP contribution is -2.50. The number of morpholine rings is 1. The highest BCUT2D eigenvalue weighted by Crippen LogP contribution is 2.36. The van der Waals surface area contributed by atoms with Gasteiger partial charge < -0.3 is 29.3 Å². The summed E-state index contributed by atoms with van der Waals surface area (Å²) in [5.74, 6) is -0.436. The second-order valence-electron chi connectivity index (χ2n) is 9.87. The fourth-order valence-electron chi connectivity index (χ4n) is 4.18. The van der Waals surface area contributed by atoms with Crippen LogP contribution in [0.15, 0.2) is 47.4 Å². The van der Waals surface area contributed by atoms with Crippen LogP contribution in [0.25, 0.3) is 0 Å². The van der Waals surface area contributed by atoms with Crippen molar-refractivity contribution in [2.75, 3.05) is 49.0 Å². The number of amides is 2. The Morgan fingerprint density at radius 1 is 1.11 bits per heavy atom. The molecule has 37 heavy (non-hydrogen) atoms. The summed E-state index contributed by atoms with van der Waals surface area (Å²) in [7, 11) is 1.32. The topological polar surface area (TPSA) is 97.4 Å². The quantitative estimate of drug-likeness (QED) is 0.586. The van der Waals surface area contributed by atoms with Gasteiger partial charge in [0.15, 0.2) is 0 Å². The average Bonchev–Trinajstić information content (AvgIpc) is 3.00. The molecule has 1 saturated heterocycles. The van der Waals surface area contributed by atoms with Gasteiger partial charge in [-0.3, -0.25) is 4.79 Å². The van der Waals surface area contributed by atoms with Crippen LogP contribution in [0, 0.1) is 0 Å². The third-order valence-corrected chi connectivity index (χ3v) is 7.14. The number of alkyl carbamates (subject to hydrolysis) is 1. The molecular formula is C27H33N3O6S. The van der Waals surface area contributed by atoms with E-state index in [1.165, 1.54) is 18.9 Å². The molecule has 2 aliphatic heterocycles. The summed E-state index contributed by atoms with van der Waals surface area (Å²) in [5.41, 5.74) is 2.28. The van der Waals surface area contributed by atoms with Crippen molar-refractivity contribution in [3.63, 3.8) is 0 Å². The molecule has 1 fully saturated rings. The number of carbonyl (C=O) groups excluding carboxylic acids is 3. The van der Waals surface area contributed by atoms with Crippen molar-refractivity contribution in [1.82, 2.24) is 5.32 Å². The van der Waals surface area contributed by atoms with Gasteiger partial charge in [0.25, 0.3) is 5.91 Å². The van der Waals surface area contributed by atoms with E-state index in [4.69, 9.17) is 14.2 Å². The molecule has 198 valence electrons. The largest absolute Gasteiger partial charge is 0.465 e. The van der Waals surface area contributed by atoms with Crippen LogP contribution in [0.5, 0.6) is 0 Å². The highest BCUT2D eigenvalue weighted by Gasteiger charge is 2.33. The Morgan fingerprint density at radius 2 is 1.81 bits per heavy atom. The lowest BCUT2D eigenvalue weighted by atomic mass is 10.1. The van der Waals surface area contributed by atoms with Crippen molar-refractivity contribution in [1.29, 1.82) is 0 Å². The summed E-state index contributed by atoms with van der Waals surface area (Å²) in [5, 5.41) is 2.73. The summed E-state index contributed by atoms with van der Waals surface area (Å²) in [6.07, 6.45) is -0.650. The van der Waals surface area contributed by atoms with E-state index in [1.54, 1.807) is 37.8 Å². The molecule has 2 aliphatic rings. The number of rotatable bonds is 5. The smallest absolute Gasteiger partial charge is 0.408 e. The minimum Gasteiger partial charge on any atom is -0.465 e. The summed E-state index contributed by atoms with van der Waals surface area (Å²) >= 11 is 1.44. The zero-order chi connectivity index (χ0) is 26.6. The average molecular weight is 528 g/mol. The number of thioether (sulfide) groups is 1. The lowest BCUT2D eigenvalue weighted by molar-refractivity contribution is -0.120. The van der Waals surface area contributed by atoms with Gasteiger partial charge >= 0.3 is 12.1 Å². The van der Waals surface area contributed by atoms with E-state index in [1.807, 2.05) is 30.3 Å². The van der Waals surface area contributed by atoms with Crippen LogP contribution >= 0.6 is 11.8 Å². The Bertz CT molecular complexity index is 1140. The molecule has 0 bridgehead atoms. The first kappa shape index (κ1) is 26.8. The van der Waals surface area contributed by atoms with E-state index >= 15 is 0 Å². The van der Waals surface area contributed by atoms with Crippen molar-refractivity contribution in [3.8, 4) is 0 Å². The maximum absolute atomic E-state index is 13.8. The molecule has 0 unspecified atom stereocenters. The monoisotopic (exact) mass is 527 g/mol. The molecule has 1 atom stereocenters. The van der Waals surface area contributed by atoms with Crippen molar-refractivity contribution >= 4 is 41.1 Å². The normalized spacial score (nSPS) is 18.1. The molecular weight excluding hydrogens is 494 g/mol. The Hall–Kier alpha value is -3.24. The summed E-state index contributed by atoms with van der Waals surface area (Å²) in [6, 6.07) is 12.4. The molecule has 4 rings (SSSR count). The number of anilines is 2. The third kappa shape index (κ3) is 6.75. The van der Waals surface area contributed by atoms with Crippen LogP contribution in [0.2, 0.25) is 0 Å². The fraction of sp³-hybridized carbons (Fsp3) is 0.444. The van der Waals surface area contributed by atoms with Crippen LogP contribution < -0.4 is 15.1 Å². The molecule has 2 amide bonds. The van der Waals surface area contributed by atoms with E-state index in [9.17, 15) is 14.4 Å². The Labute approximate surface area is 221 Å². The molecule has 0 spiro atoms. The molecule has 2 aromatic carbocycles. The van der Waals surface area contributed by atoms with Crippen LogP contribution in [-0.2, 0) is 25.5 Å². The number of esters is 1. The molecule has 10 heteroatoms. The number of fused-ring (bicyclic) bond motifs is 1. The first-order chi connectivity index (χ1) is 17.6. The minimum absolute atomic E-state index is 0.271. The molecule has 2 aromatic rings. The lowest BCUT2D eigenvalue weighted by Gasteiger charge is -2.29. The second-order valence-corrected chi connectivity index (χ2v) is 10.9. The van der Waals surface area contributed by atoms with Gasteiger partial charge in [0.1, 0.15) is 11.6 Å². The Balaban J connectivity index is 1.62. The van der Waals surface area contributed by atoms with Crippen LogP contribution in [0.1, 0.15) is 36.7 Å². The number of carbonyl (C=O) groups is 3. The number of nitrogens with one attached hydrogen (secondary N) is 1. The van der Waals surface area contributed by atoms with Gasteiger partial charge in [-0.1, -0.05) is 12.1 Å². The SMILES string of the molecule is COC(=O)c1ccc2c(c1)N(Cc1ccc(N3CCOCC3)cc1)C(=O)[C@@H](NC(=O)OC(C)(C)C)CS2. The van der Waals surface area contributed by atoms with Gasteiger partial charge in [0.05, 0.1) is 38.1 Å². The van der Waals surface area contributed by atoms with Crippen molar-refractivity contribution in [3.05, 3.63) is 53.6 Å². The summed E-state index contributed by atoms with van der Waals surface area (Å²) < 4.78 is 15.7. The predicted octanol–water partition coefficient (Wildman–Crippen LogP) is 3.84. The number of methoxy groups -OCH3 is 1. The van der Waals surface area contributed by atoms with E-state index in [2.05, 4.69) is 10.2 Å². The molecule has 2 heterocycles. The van der Waals surface area contributed by atoms with Crippen LogP contribution in [0.3, 0.4) is 0 Å². The van der Waals surface area contributed by atoms with Gasteiger partial charge in [-0.05, 0) is 56.7 Å². The zero-order valence-electron chi connectivity index (χ0n) is 21.6. The van der Waals surface area contributed by atoms with E-state index in [0.717, 1.165) is 29.2 Å². The molecule has 0 radical (unpaired) electrons. The van der Waals surface area contributed by atoms with Gasteiger partial charge in [0.2, 0.25) is 0 Å². The summed E-state index contributed by atoms with van der Waals surface area (Å²) in [4.78, 5) is 43.2. The van der Waals surface area contributed by atoms with Crippen LogP contribution in [0.4, 0.5) is 16.2 Å². The van der Waals surface area contributed by atoms with Gasteiger partial charge in [0, 0.05) is 29.4 Å². The number of hydrogen-bond donors (Lipinski definition) is 1. The van der Waals surface area contributed by atoms with Gasteiger partial charge in [-0.25, -0.2) is 9.59 Å². The number of hydrogen-bond acceptors (Lipinski definition) is 8. The standard InChI is InChI=1S/C27H33N3O6S/c1-27(2,3)36-26(33)28-21-17-37-23-10-7-19(25(32)34-4)15-22(23)30(24(21)31)16-18-5-8-20(9-6-18)29-11-13-35-14-12-29/h5-10,15,21H,11-14,16-17H2,1-4H3,(H,28,33)/t21-/m0/s1. The molecule has 0 aromatic heterocycles. The Kier molecular flexibility index (Phi) is 8.29. The van der Waals surface area contributed by atoms with Crippen LogP contribution in [-0.4, -0.2) is 68.8 Å². The number of ether oxygens (including phenoxy) is 3. The van der Waals surface area contributed by atoms with Crippen molar-refractivity contribution in [2.45, 2.75) is 43.9 Å². The minimum atomic E-state index is -0.804. The van der Waals surface area contributed by atoms with E-state index in [-0.39, 0.29) is 12.5 Å². The molecule has 0 aliphatic carbocycles. The first-order valence-corrected chi connectivity index (χ1v) is 13.2. The molecule has 0 saturated carbocycles. The van der Waals surface area contributed by atoms with Gasteiger partial charge in [-0.15, -0.1) is 11.8 Å². The van der Waals surface area contributed by atoms with Crippen molar-refractivity contribution < 1.29 is 28.6 Å².